The number of nitro groups is 1. The van der Waals surface area contributed by atoms with Crippen LogP contribution < -0.4 is 14.4 Å². The first kappa shape index (κ1) is 23.8. The molecule has 1 amide bonds. The van der Waals surface area contributed by atoms with E-state index in [-0.39, 0.29) is 29.4 Å². The highest BCUT2D eigenvalue weighted by Crippen LogP contribution is 2.35. The Hall–Kier alpha value is -3.84. The number of carbonyl (C=O) groups excluding carboxylic acids is 1. The lowest BCUT2D eigenvalue weighted by atomic mass is 10.1. The molecule has 1 aliphatic rings. The van der Waals surface area contributed by atoms with E-state index in [1.54, 1.807) is 17.0 Å². The van der Waals surface area contributed by atoms with E-state index in [0.29, 0.717) is 38.2 Å². The lowest BCUT2D eigenvalue weighted by molar-refractivity contribution is -0.385. The SMILES string of the molecule is COCCOc1cc([N+](=O)[O-])c(C(=O)N2CCCN(c3ccc(C#N)cc3)CC2)cc1OC. The number of nitrogens with zero attached hydrogens (tertiary/aromatic N) is 4. The second-order valence-electron chi connectivity index (χ2n) is 7.41. The molecule has 0 unspecified atom stereocenters. The Kier molecular flexibility index (Phi) is 8.05. The molecule has 0 bridgehead atoms. The summed E-state index contributed by atoms with van der Waals surface area (Å²) in [4.78, 5) is 28.2. The minimum absolute atomic E-state index is 0.0391. The summed E-state index contributed by atoms with van der Waals surface area (Å²) in [6, 6.07) is 12.0. The Bertz CT molecular complexity index is 1030. The second-order valence-corrected chi connectivity index (χ2v) is 7.41. The molecule has 1 fully saturated rings. The van der Waals surface area contributed by atoms with Crippen LogP contribution in [0.2, 0.25) is 0 Å². The largest absolute Gasteiger partial charge is 0.493 e. The fraction of sp³-hybridized carbons (Fsp3) is 0.391. The summed E-state index contributed by atoms with van der Waals surface area (Å²) in [7, 11) is 2.94. The third kappa shape index (κ3) is 5.70. The summed E-state index contributed by atoms with van der Waals surface area (Å²) in [6.07, 6.45) is 0.703. The Morgan fingerprint density at radius 3 is 2.48 bits per heavy atom. The number of ether oxygens (including phenoxy) is 3. The van der Waals surface area contributed by atoms with Gasteiger partial charge in [-0.3, -0.25) is 14.9 Å². The molecule has 0 aromatic heterocycles. The van der Waals surface area contributed by atoms with Gasteiger partial charge in [-0.05, 0) is 30.7 Å². The minimum Gasteiger partial charge on any atom is -0.493 e. The molecule has 2 aromatic rings. The number of carbonyl (C=O) groups is 1. The van der Waals surface area contributed by atoms with E-state index in [4.69, 9.17) is 19.5 Å². The van der Waals surface area contributed by atoms with Crippen LogP contribution in [0.25, 0.3) is 0 Å². The van der Waals surface area contributed by atoms with Crippen LogP contribution in [0.1, 0.15) is 22.3 Å². The number of hydrogen-bond donors (Lipinski definition) is 0. The van der Waals surface area contributed by atoms with Gasteiger partial charge >= 0.3 is 0 Å². The predicted octanol–water partition coefficient (Wildman–Crippen LogP) is 2.85. The number of hydrogen-bond acceptors (Lipinski definition) is 8. The van der Waals surface area contributed by atoms with Gasteiger partial charge < -0.3 is 24.0 Å². The number of nitro benzene ring substituents is 1. The molecule has 1 heterocycles. The summed E-state index contributed by atoms with van der Waals surface area (Å²) >= 11 is 0. The zero-order valence-electron chi connectivity index (χ0n) is 18.7. The molecule has 1 saturated heterocycles. The van der Waals surface area contributed by atoms with Gasteiger partial charge in [-0.1, -0.05) is 0 Å². The van der Waals surface area contributed by atoms with Gasteiger partial charge in [0.25, 0.3) is 11.6 Å². The molecule has 0 atom stereocenters. The number of anilines is 1. The van der Waals surface area contributed by atoms with Crippen LogP contribution in [0.15, 0.2) is 36.4 Å². The maximum atomic E-state index is 13.3. The number of methoxy groups -OCH3 is 2. The molecule has 0 N–H and O–H groups in total. The van der Waals surface area contributed by atoms with E-state index in [9.17, 15) is 14.9 Å². The van der Waals surface area contributed by atoms with E-state index >= 15 is 0 Å². The molecule has 33 heavy (non-hydrogen) atoms. The topological polar surface area (TPSA) is 118 Å². The fourth-order valence-electron chi connectivity index (χ4n) is 3.67. The monoisotopic (exact) mass is 454 g/mol. The summed E-state index contributed by atoms with van der Waals surface area (Å²) < 4.78 is 15.8. The van der Waals surface area contributed by atoms with E-state index in [2.05, 4.69) is 11.0 Å². The molecule has 0 aliphatic carbocycles. The van der Waals surface area contributed by atoms with Crippen molar-refractivity contribution in [1.29, 1.82) is 5.26 Å². The second kappa shape index (κ2) is 11.2. The minimum atomic E-state index is -0.587. The Labute approximate surface area is 192 Å². The lowest BCUT2D eigenvalue weighted by Crippen LogP contribution is -2.35. The molecule has 174 valence electrons. The van der Waals surface area contributed by atoms with Crippen molar-refractivity contribution in [3.8, 4) is 17.6 Å². The van der Waals surface area contributed by atoms with Crippen molar-refractivity contribution in [3.63, 3.8) is 0 Å². The van der Waals surface area contributed by atoms with Gasteiger partial charge in [0, 0.05) is 45.0 Å². The van der Waals surface area contributed by atoms with E-state index in [0.717, 1.165) is 12.2 Å². The van der Waals surface area contributed by atoms with Crippen LogP contribution in [0.5, 0.6) is 11.5 Å². The molecule has 1 aliphatic heterocycles. The fourth-order valence-corrected chi connectivity index (χ4v) is 3.67. The molecule has 10 nitrogen and oxygen atoms in total. The van der Waals surface area contributed by atoms with Crippen LogP contribution in [0, 0.1) is 21.4 Å². The quantitative estimate of drug-likeness (QED) is 0.339. The molecular weight excluding hydrogens is 428 g/mol. The number of rotatable bonds is 8. The maximum absolute atomic E-state index is 13.3. The van der Waals surface area contributed by atoms with E-state index < -0.39 is 10.8 Å². The van der Waals surface area contributed by atoms with Crippen molar-refractivity contribution < 1.29 is 23.9 Å². The normalized spacial score (nSPS) is 13.7. The maximum Gasteiger partial charge on any atom is 0.286 e. The van der Waals surface area contributed by atoms with Crippen LogP contribution in [0.3, 0.4) is 0 Å². The zero-order valence-corrected chi connectivity index (χ0v) is 18.7. The Morgan fingerprint density at radius 1 is 1.09 bits per heavy atom. The highest BCUT2D eigenvalue weighted by molar-refractivity contribution is 5.99. The first-order valence-corrected chi connectivity index (χ1v) is 10.5. The van der Waals surface area contributed by atoms with Crippen molar-refractivity contribution >= 4 is 17.3 Å². The standard InChI is InChI=1S/C23H26N4O6/c1-31-12-13-33-22-15-20(27(29)30)19(14-21(22)32-2)23(28)26-9-3-8-25(10-11-26)18-6-4-17(16-24)5-7-18/h4-7,14-15H,3,8-13H2,1-2H3. The van der Waals surface area contributed by atoms with Crippen molar-refractivity contribution in [2.75, 3.05) is 58.5 Å². The summed E-state index contributed by atoms with van der Waals surface area (Å²) in [5, 5.41) is 20.7. The summed E-state index contributed by atoms with van der Waals surface area (Å²) in [5.74, 6) is -0.000128. The number of amides is 1. The highest BCUT2D eigenvalue weighted by Gasteiger charge is 2.29. The van der Waals surface area contributed by atoms with Crippen LogP contribution in [-0.4, -0.2) is 69.3 Å². The van der Waals surface area contributed by atoms with E-state index in [1.807, 2.05) is 12.1 Å². The number of nitriles is 1. The average Bonchev–Trinajstić information content (AvgIpc) is 3.10. The van der Waals surface area contributed by atoms with Gasteiger partial charge in [-0.2, -0.15) is 5.26 Å². The summed E-state index contributed by atoms with van der Waals surface area (Å²) in [5.41, 5.74) is 1.18. The molecule has 0 saturated carbocycles. The third-order valence-corrected chi connectivity index (χ3v) is 5.40. The van der Waals surface area contributed by atoms with Crippen LogP contribution in [0.4, 0.5) is 11.4 Å². The molecule has 0 spiro atoms. The third-order valence-electron chi connectivity index (χ3n) is 5.40. The molecule has 10 heteroatoms. The van der Waals surface area contributed by atoms with Gasteiger partial charge in [-0.25, -0.2) is 0 Å². The van der Waals surface area contributed by atoms with Crippen LogP contribution >= 0.6 is 0 Å². The zero-order chi connectivity index (χ0) is 23.8. The van der Waals surface area contributed by atoms with Crippen molar-refractivity contribution in [1.82, 2.24) is 4.90 Å². The van der Waals surface area contributed by atoms with E-state index in [1.165, 1.54) is 26.4 Å². The van der Waals surface area contributed by atoms with Crippen molar-refractivity contribution in [3.05, 3.63) is 57.6 Å². The first-order valence-electron chi connectivity index (χ1n) is 10.5. The highest BCUT2D eigenvalue weighted by atomic mass is 16.6. The first-order chi connectivity index (χ1) is 16.0. The van der Waals surface area contributed by atoms with Gasteiger partial charge in [0.2, 0.25) is 0 Å². The molecule has 3 rings (SSSR count). The average molecular weight is 454 g/mol. The van der Waals surface area contributed by atoms with Gasteiger partial charge in [0.05, 0.1) is 36.3 Å². The summed E-state index contributed by atoms with van der Waals surface area (Å²) in [6.45, 7) is 2.67. The predicted molar refractivity (Wildman–Crippen MR) is 121 cm³/mol. The molecule has 2 aromatic carbocycles. The molecule has 0 radical (unpaired) electrons. The van der Waals surface area contributed by atoms with Crippen molar-refractivity contribution in [2.45, 2.75) is 6.42 Å². The van der Waals surface area contributed by atoms with Gasteiger partial charge in [-0.15, -0.1) is 0 Å². The Balaban J connectivity index is 1.80. The van der Waals surface area contributed by atoms with Gasteiger partial charge in [0.1, 0.15) is 12.2 Å². The lowest BCUT2D eigenvalue weighted by Gasteiger charge is -2.24. The molecular formula is C23H26N4O6. The van der Waals surface area contributed by atoms with Gasteiger partial charge in [0.15, 0.2) is 11.5 Å². The number of benzene rings is 2. The van der Waals surface area contributed by atoms with Crippen molar-refractivity contribution in [2.24, 2.45) is 0 Å². The Morgan fingerprint density at radius 2 is 1.85 bits per heavy atom. The smallest absolute Gasteiger partial charge is 0.286 e. The van der Waals surface area contributed by atoms with Crippen LogP contribution in [-0.2, 0) is 4.74 Å².